The van der Waals surface area contributed by atoms with Crippen molar-refractivity contribution in [3.8, 4) is 6.07 Å². The molecule has 0 spiro atoms. The van der Waals surface area contributed by atoms with Crippen LogP contribution in [0.5, 0.6) is 0 Å². The Bertz CT molecular complexity index is 870. The molecular formula is C18H24N4O4S2. The third-order valence-electron chi connectivity index (χ3n) is 3.88. The van der Waals surface area contributed by atoms with E-state index in [0.717, 1.165) is 0 Å². The van der Waals surface area contributed by atoms with Crippen molar-refractivity contribution in [3.05, 3.63) is 29.8 Å². The van der Waals surface area contributed by atoms with E-state index in [9.17, 15) is 18.0 Å². The summed E-state index contributed by atoms with van der Waals surface area (Å²) in [6.07, 6.45) is 0.0699. The van der Waals surface area contributed by atoms with Crippen LogP contribution in [0.2, 0.25) is 0 Å². The van der Waals surface area contributed by atoms with Crippen molar-refractivity contribution in [2.75, 3.05) is 18.2 Å². The zero-order valence-corrected chi connectivity index (χ0v) is 17.7. The summed E-state index contributed by atoms with van der Waals surface area (Å²) in [5, 5.41) is 11.4. The first-order chi connectivity index (χ1) is 13.0. The highest BCUT2D eigenvalue weighted by molar-refractivity contribution is 7.99. The van der Waals surface area contributed by atoms with Crippen molar-refractivity contribution in [1.29, 1.82) is 5.26 Å². The van der Waals surface area contributed by atoms with Crippen LogP contribution in [-0.2, 0) is 14.8 Å². The van der Waals surface area contributed by atoms with Gasteiger partial charge in [-0.1, -0.05) is 0 Å². The molecule has 1 fully saturated rings. The number of nitrogens with zero attached hydrogens (tertiary/aromatic N) is 2. The van der Waals surface area contributed by atoms with Crippen LogP contribution in [0.1, 0.15) is 37.6 Å². The van der Waals surface area contributed by atoms with Gasteiger partial charge in [-0.15, -0.1) is 11.8 Å². The van der Waals surface area contributed by atoms with Crippen molar-refractivity contribution < 1.29 is 18.0 Å². The average Bonchev–Trinajstić information content (AvgIpc) is 3.10. The second kappa shape index (κ2) is 8.94. The fourth-order valence-electron chi connectivity index (χ4n) is 2.58. The maximum absolute atomic E-state index is 12.8. The van der Waals surface area contributed by atoms with Gasteiger partial charge in [-0.2, -0.15) is 5.26 Å². The summed E-state index contributed by atoms with van der Waals surface area (Å²) in [5.74, 6) is 0.395. The summed E-state index contributed by atoms with van der Waals surface area (Å²) < 4.78 is 26.6. The molecule has 1 saturated heterocycles. The highest BCUT2D eigenvalue weighted by atomic mass is 32.2. The van der Waals surface area contributed by atoms with Crippen LogP contribution >= 0.6 is 11.8 Å². The van der Waals surface area contributed by atoms with Gasteiger partial charge in [0.15, 0.2) is 0 Å². The number of rotatable bonds is 6. The molecule has 0 bridgehead atoms. The summed E-state index contributed by atoms with van der Waals surface area (Å²) in [6.45, 7) is 5.66. The molecule has 152 valence electrons. The van der Waals surface area contributed by atoms with E-state index >= 15 is 0 Å². The third kappa shape index (κ3) is 5.70. The smallest absolute Gasteiger partial charge is 0.255 e. The number of carbonyl (C=O) groups excluding carboxylic acids is 2. The molecule has 2 N–H and O–H groups in total. The molecular weight excluding hydrogens is 400 g/mol. The van der Waals surface area contributed by atoms with Crippen LogP contribution in [0, 0.1) is 11.3 Å². The van der Waals surface area contributed by atoms with Crippen LogP contribution in [0.15, 0.2) is 29.2 Å². The Kier molecular flexibility index (Phi) is 7.09. The Balaban J connectivity index is 2.12. The highest BCUT2D eigenvalue weighted by Gasteiger charge is 2.36. The molecule has 2 amide bonds. The number of nitrogens with one attached hydrogen (secondary N) is 2. The number of thioether (sulfide) groups is 1. The summed E-state index contributed by atoms with van der Waals surface area (Å²) in [6, 6.07) is 6.85. The zero-order valence-electron chi connectivity index (χ0n) is 16.1. The number of amides is 2. The van der Waals surface area contributed by atoms with Gasteiger partial charge in [0, 0.05) is 29.8 Å². The zero-order chi connectivity index (χ0) is 20.9. The number of hydrogen-bond acceptors (Lipinski definition) is 6. The first kappa shape index (κ1) is 22.2. The lowest BCUT2D eigenvalue weighted by Gasteiger charge is -2.27. The standard InChI is InChI=1S/C18H24N4O4S2/c1-18(2,3)21-16(23)15-11-27-12-22(15)17(24)13-5-7-14(8-6-13)28(25,26)20-10-4-9-19/h5-8,15,20H,4,10-12H2,1-3H3,(H,21,23). The monoisotopic (exact) mass is 424 g/mol. The minimum Gasteiger partial charge on any atom is -0.350 e. The summed E-state index contributed by atoms with van der Waals surface area (Å²) in [4.78, 5) is 26.8. The first-order valence-electron chi connectivity index (χ1n) is 8.72. The van der Waals surface area contributed by atoms with Crippen LogP contribution in [0.4, 0.5) is 0 Å². The maximum atomic E-state index is 12.8. The summed E-state index contributed by atoms with van der Waals surface area (Å²) in [5.41, 5.74) is -0.0832. The highest BCUT2D eigenvalue weighted by Crippen LogP contribution is 2.24. The van der Waals surface area contributed by atoms with Gasteiger partial charge in [0.05, 0.1) is 16.8 Å². The molecule has 1 unspecified atom stereocenters. The van der Waals surface area contributed by atoms with Crippen LogP contribution in [0.25, 0.3) is 0 Å². The lowest BCUT2D eigenvalue weighted by molar-refractivity contribution is -0.125. The topological polar surface area (TPSA) is 119 Å². The van der Waals surface area contributed by atoms with Gasteiger partial charge in [0.2, 0.25) is 15.9 Å². The van der Waals surface area contributed by atoms with Gasteiger partial charge in [-0.05, 0) is 45.0 Å². The number of hydrogen-bond donors (Lipinski definition) is 2. The van der Waals surface area contributed by atoms with Gasteiger partial charge in [-0.25, -0.2) is 13.1 Å². The fraction of sp³-hybridized carbons (Fsp3) is 0.500. The van der Waals surface area contributed by atoms with Crippen LogP contribution in [0.3, 0.4) is 0 Å². The predicted octanol–water partition coefficient (Wildman–Crippen LogP) is 1.31. The Labute approximate surface area is 169 Å². The molecule has 8 nitrogen and oxygen atoms in total. The van der Waals surface area contributed by atoms with E-state index in [4.69, 9.17) is 5.26 Å². The van der Waals surface area contributed by atoms with Gasteiger partial charge < -0.3 is 10.2 Å². The van der Waals surface area contributed by atoms with Crippen molar-refractivity contribution >= 4 is 33.6 Å². The van der Waals surface area contributed by atoms with E-state index in [1.165, 1.54) is 40.9 Å². The van der Waals surface area contributed by atoms with Crippen molar-refractivity contribution in [1.82, 2.24) is 14.9 Å². The fourth-order valence-corrected chi connectivity index (χ4v) is 4.77. The van der Waals surface area contributed by atoms with Crippen LogP contribution < -0.4 is 10.0 Å². The Hall–Kier alpha value is -2.09. The lowest BCUT2D eigenvalue weighted by Crippen LogP contribution is -2.52. The Morgan fingerprint density at radius 2 is 1.93 bits per heavy atom. The van der Waals surface area contributed by atoms with E-state index < -0.39 is 21.6 Å². The molecule has 0 aliphatic carbocycles. The number of nitriles is 1. The van der Waals surface area contributed by atoms with E-state index in [0.29, 0.717) is 17.2 Å². The van der Waals surface area contributed by atoms with E-state index in [1.807, 2.05) is 26.8 Å². The molecule has 2 rings (SSSR count). The van der Waals surface area contributed by atoms with E-state index in [1.54, 1.807) is 0 Å². The van der Waals surface area contributed by atoms with E-state index in [2.05, 4.69) is 10.0 Å². The molecule has 1 aromatic rings. The molecule has 1 atom stereocenters. The van der Waals surface area contributed by atoms with E-state index in [-0.39, 0.29) is 29.7 Å². The molecule has 0 aromatic heterocycles. The molecule has 0 saturated carbocycles. The minimum absolute atomic E-state index is 0.0137. The van der Waals surface area contributed by atoms with Gasteiger partial charge >= 0.3 is 0 Å². The molecule has 0 radical (unpaired) electrons. The Morgan fingerprint density at radius 1 is 1.29 bits per heavy atom. The molecule has 1 aromatic carbocycles. The molecule has 1 aliphatic heterocycles. The van der Waals surface area contributed by atoms with Crippen molar-refractivity contribution in [2.45, 2.75) is 43.7 Å². The molecule has 1 aliphatic rings. The van der Waals surface area contributed by atoms with Crippen LogP contribution in [-0.4, -0.2) is 54.9 Å². The minimum atomic E-state index is -3.73. The summed E-state index contributed by atoms with van der Waals surface area (Å²) >= 11 is 1.50. The largest absolute Gasteiger partial charge is 0.350 e. The molecule has 1 heterocycles. The quantitative estimate of drug-likeness (QED) is 0.665. The van der Waals surface area contributed by atoms with Gasteiger partial charge in [0.1, 0.15) is 6.04 Å². The SMILES string of the molecule is CC(C)(C)NC(=O)C1CSCN1C(=O)c1ccc(S(=O)(=O)NCCC#N)cc1. The van der Waals surface area contributed by atoms with Gasteiger partial charge in [0.25, 0.3) is 5.91 Å². The predicted molar refractivity (Wildman–Crippen MR) is 107 cm³/mol. The summed E-state index contributed by atoms with van der Waals surface area (Å²) in [7, 11) is -3.73. The number of sulfonamides is 1. The Morgan fingerprint density at radius 3 is 2.50 bits per heavy atom. The molecule has 28 heavy (non-hydrogen) atoms. The second-order valence-corrected chi connectivity index (χ2v) is 10.1. The van der Waals surface area contributed by atoms with Crippen molar-refractivity contribution in [2.24, 2.45) is 0 Å². The number of benzene rings is 1. The lowest BCUT2D eigenvalue weighted by atomic mass is 10.1. The average molecular weight is 425 g/mol. The number of carbonyl (C=O) groups is 2. The first-order valence-corrected chi connectivity index (χ1v) is 11.4. The second-order valence-electron chi connectivity index (χ2n) is 7.36. The van der Waals surface area contributed by atoms with Gasteiger partial charge in [-0.3, -0.25) is 9.59 Å². The maximum Gasteiger partial charge on any atom is 0.255 e. The normalized spacial score (nSPS) is 17.2. The molecule has 10 heteroatoms. The third-order valence-corrected chi connectivity index (χ3v) is 6.37. The van der Waals surface area contributed by atoms with Crippen molar-refractivity contribution in [3.63, 3.8) is 0 Å².